The van der Waals surface area contributed by atoms with Gasteiger partial charge in [-0.2, -0.15) is 0 Å². The Bertz CT molecular complexity index is 131. The fourth-order valence-electron chi connectivity index (χ4n) is 1.32. The Morgan fingerprint density at radius 2 is 1.54 bits per heavy atom. The first-order valence-corrected chi connectivity index (χ1v) is 5.69. The summed E-state index contributed by atoms with van der Waals surface area (Å²) in [5, 5.41) is 0. The number of hydrogen-bond acceptors (Lipinski definition) is 0. The lowest BCUT2D eigenvalue weighted by atomic mass is 9.96. The Morgan fingerprint density at radius 3 is 2.00 bits per heavy atom. The molecule has 0 aromatic heterocycles. The molecule has 0 fully saturated rings. The van der Waals surface area contributed by atoms with E-state index in [1.54, 1.807) is 0 Å². The highest BCUT2D eigenvalue weighted by Crippen LogP contribution is 2.15. The molecule has 0 aliphatic rings. The fraction of sp³-hybridized carbons (Fsp3) is 0.846. The molecule has 0 N–H and O–H groups in total. The standard InChI is InChI=1S/C13H26/c1-11(2)7-6-8-13(5)10-9-12(3)4/h6-7,11-13H,8-10H2,1-5H3/b7-6+/t13-/m0/s1. The molecular formula is C13H26. The van der Waals surface area contributed by atoms with Gasteiger partial charge < -0.3 is 0 Å². The second-order valence-electron chi connectivity index (χ2n) is 4.98. The summed E-state index contributed by atoms with van der Waals surface area (Å²) in [5.41, 5.74) is 0. The number of rotatable bonds is 6. The third kappa shape index (κ3) is 9.66. The van der Waals surface area contributed by atoms with E-state index in [0.29, 0.717) is 5.92 Å². The zero-order valence-corrected chi connectivity index (χ0v) is 10.0. The van der Waals surface area contributed by atoms with Gasteiger partial charge in [0.15, 0.2) is 0 Å². The molecule has 0 bridgehead atoms. The second-order valence-corrected chi connectivity index (χ2v) is 4.98. The van der Waals surface area contributed by atoms with Crippen LogP contribution in [0.2, 0.25) is 0 Å². The van der Waals surface area contributed by atoms with Gasteiger partial charge in [-0.25, -0.2) is 0 Å². The largest absolute Gasteiger partial charge is 0.0880 e. The van der Waals surface area contributed by atoms with Crippen LogP contribution in [0.3, 0.4) is 0 Å². The molecule has 0 aliphatic carbocycles. The molecule has 0 amide bonds. The first kappa shape index (κ1) is 12.7. The van der Waals surface area contributed by atoms with Crippen LogP contribution in [0.15, 0.2) is 12.2 Å². The van der Waals surface area contributed by atoms with Crippen molar-refractivity contribution in [2.75, 3.05) is 0 Å². The molecule has 0 rings (SSSR count). The van der Waals surface area contributed by atoms with E-state index in [-0.39, 0.29) is 0 Å². The highest BCUT2D eigenvalue weighted by atomic mass is 14.1. The maximum Gasteiger partial charge on any atom is -0.0290 e. The molecule has 13 heavy (non-hydrogen) atoms. The zero-order valence-electron chi connectivity index (χ0n) is 10.0. The molecule has 1 atom stereocenters. The molecule has 78 valence electrons. The van der Waals surface area contributed by atoms with E-state index >= 15 is 0 Å². The Kier molecular flexibility index (Phi) is 7.03. The summed E-state index contributed by atoms with van der Waals surface area (Å²) >= 11 is 0. The minimum Gasteiger partial charge on any atom is -0.0880 e. The first-order valence-electron chi connectivity index (χ1n) is 5.69. The van der Waals surface area contributed by atoms with E-state index in [9.17, 15) is 0 Å². The average molecular weight is 182 g/mol. The minimum atomic E-state index is 0.706. The maximum atomic E-state index is 2.35. The van der Waals surface area contributed by atoms with Gasteiger partial charge in [0.25, 0.3) is 0 Å². The third-order valence-electron chi connectivity index (χ3n) is 2.30. The van der Waals surface area contributed by atoms with Gasteiger partial charge >= 0.3 is 0 Å². The fourth-order valence-corrected chi connectivity index (χ4v) is 1.32. The van der Waals surface area contributed by atoms with Crippen LogP contribution >= 0.6 is 0 Å². The normalized spacial score (nSPS) is 14.7. The van der Waals surface area contributed by atoms with Crippen LogP contribution in [-0.2, 0) is 0 Å². The molecule has 0 aliphatic heterocycles. The van der Waals surface area contributed by atoms with E-state index in [4.69, 9.17) is 0 Å². The van der Waals surface area contributed by atoms with Crippen molar-refractivity contribution in [1.29, 1.82) is 0 Å². The molecular weight excluding hydrogens is 156 g/mol. The van der Waals surface area contributed by atoms with Crippen LogP contribution in [0.1, 0.15) is 53.9 Å². The molecule has 0 aromatic carbocycles. The molecule has 0 nitrogen and oxygen atoms in total. The predicted molar refractivity (Wildman–Crippen MR) is 61.8 cm³/mol. The summed E-state index contributed by atoms with van der Waals surface area (Å²) in [6.45, 7) is 11.4. The van der Waals surface area contributed by atoms with Gasteiger partial charge in [-0.05, 0) is 24.2 Å². The van der Waals surface area contributed by atoms with Crippen molar-refractivity contribution in [3.63, 3.8) is 0 Å². The summed E-state index contributed by atoms with van der Waals surface area (Å²) in [4.78, 5) is 0. The van der Waals surface area contributed by atoms with Crippen LogP contribution in [0.25, 0.3) is 0 Å². The molecule has 0 aromatic rings. The van der Waals surface area contributed by atoms with Crippen LogP contribution < -0.4 is 0 Å². The Hall–Kier alpha value is -0.260. The molecule has 0 heterocycles. The predicted octanol–water partition coefficient (Wildman–Crippen LogP) is 4.66. The van der Waals surface area contributed by atoms with Crippen LogP contribution in [0.5, 0.6) is 0 Å². The van der Waals surface area contributed by atoms with Gasteiger partial charge in [0.1, 0.15) is 0 Å². The maximum absolute atomic E-state index is 2.35. The molecule has 0 saturated carbocycles. The zero-order chi connectivity index (χ0) is 10.3. The van der Waals surface area contributed by atoms with Gasteiger partial charge in [0.05, 0.1) is 0 Å². The minimum absolute atomic E-state index is 0.706. The van der Waals surface area contributed by atoms with Crippen molar-refractivity contribution in [2.24, 2.45) is 17.8 Å². The van der Waals surface area contributed by atoms with Crippen molar-refractivity contribution >= 4 is 0 Å². The van der Waals surface area contributed by atoms with Gasteiger partial charge in [0, 0.05) is 0 Å². The van der Waals surface area contributed by atoms with E-state index in [1.165, 1.54) is 19.3 Å². The molecule has 0 heteroatoms. The van der Waals surface area contributed by atoms with Crippen molar-refractivity contribution in [1.82, 2.24) is 0 Å². The third-order valence-corrected chi connectivity index (χ3v) is 2.30. The average Bonchev–Trinajstić information content (AvgIpc) is 2.00. The van der Waals surface area contributed by atoms with Crippen molar-refractivity contribution < 1.29 is 0 Å². The smallest absolute Gasteiger partial charge is 0.0290 e. The molecule has 0 spiro atoms. The number of hydrogen-bond donors (Lipinski definition) is 0. The Labute approximate surface area is 84.4 Å². The molecule has 0 unspecified atom stereocenters. The van der Waals surface area contributed by atoms with Gasteiger partial charge in [-0.15, -0.1) is 0 Å². The summed E-state index contributed by atoms with van der Waals surface area (Å²) in [7, 11) is 0. The van der Waals surface area contributed by atoms with E-state index in [0.717, 1.165) is 11.8 Å². The topological polar surface area (TPSA) is 0 Å². The Morgan fingerprint density at radius 1 is 0.923 bits per heavy atom. The lowest BCUT2D eigenvalue weighted by molar-refractivity contribution is 0.453. The van der Waals surface area contributed by atoms with Crippen LogP contribution in [-0.4, -0.2) is 0 Å². The van der Waals surface area contributed by atoms with E-state index in [2.05, 4.69) is 46.8 Å². The van der Waals surface area contributed by atoms with E-state index in [1.807, 2.05) is 0 Å². The van der Waals surface area contributed by atoms with Crippen LogP contribution in [0, 0.1) is 17.8 Å². The van der Waals surface area contributed by atoms with Gasteiger partial charge in [-0.1, -0.05) is 59.6 Å². The summed E-state index contributed by atoms with van der Waals surface area (Å²) < 4.78 is 0. The Balaban J connectivity index is 3.45. The monoisotopic (exact) mass is 182 g/mol. The lowest BCUT2D eigenvalue weighted by Gasteiger charge is -2.10. The first-order chi connectivity index (χ1) is 6.02. The highest BCUT2D eigenvalue weighted by Gasteiger charge is 2.01. The van der Waals surface area contributed by atoms with E-state index < -0.39 is 0 Å². The van der Waals surface area contributed by atoms with Crippen molar-refractivity contribution in [3.05, 3.63) is 12.2 Å². The summed E-state index contributed by atoms with van der Waals surface area (Å²) in [6.07, 6.45) is 8.66. The quantitative estimate of drug-likeness (QED) is 0.524. The molecule has 0 radical (unpaired) electrons. The summed E-state index contributed by atoms with van der Waals surface area (Å²) in [5.74, 6) is 2.42. The summed E-state index contributed by atoms with van der Waals surface area (Å²) in [6, 6.07) is 0. The van der Waals surface area contributed by atoms with Gasteiger partial charge in [-0.3, -0.25) is 0 Å². The SMILES string of the molecule is CC(C)/C=C/C[C@H](C)CCC(C)C. The van der Waals surface area contributed by atoms with Gasteiger partial charge in [0.2, 0.25) is 0 Å². The lowest BCUT2D eigenvalue weighted by Crippen LogP contribution is -1.96. The second kappa shape index (κ2) is 7.17. The molecule has 0 saturated heterocycles. The van der Waals surface area contributed by atoms with Crippen molar-refractivity contribution in [3.8, 4) is 0 Å². The number of allylic oxidation sites excluding steroid dienone is 2. The van der Waals surface area contributed by atoms with Crippen molar-refractivity contribution in [2.45, 2.75) is 53.9 Å². The van der Waals surface area contributed by atoms with Crippen LogP contribution in [0.4, 0.5) is 0 Å². The highest BCUT2D eigenvalue weighted by molar-refractivity contribution is 4.85.